The molecule has 0 saturated carbocycles. The lowest BCUT2D eigenvalue weighted by Crippen LogP contribution is -2.12. The highest BCUT2D eigenvalue weighted by molar-refractivity contribution is 5.68. The molecule has 0 aliphatic carbocycles. The zero-order chi connectivity index (χ0) is 13.1. The van der Waals surface area contributed by atoms with E-state index in [1.165, 1.54) is 22.4 Å². The van der Waals surface area contributed by atoms with Gasteiger partial charge in [-0.15, -0.1) is 0 Å². The highest BCUT2D eigenvalue weighted by Gasteiger charge is 2.12. The summed E-state index contributed by atoms with van der Waals surface area (Å²) in [5.41, 5.74) is 11.7. The second-order valence-corrected chi connectivity index (χ2v) is 4.61. The van der Waals surface area contributed by atoms with Gasteiger partial charge in [-0.2, -0.15) is 5.10 Å². The van der Waals surface area contributed by atoms with Gasteiger partial charge in [-0.1, -0.05) is 31.2 Å². The van der Waals surface area contributed by atoms with Crippen molar-refractivity contribution in [2.45, 2.75) is 33.7 Å². The van der Waals surface area contributed by atoms with E-state index in [9.17, 15) is 0 Å². The number of hydrogen-bond donors (Lipinski definition) is 1. The molecule has 18 heavy (non-hydrogen) atoms. The maximum absolute atomic E-state index is 5.60. The third-order valence-electron chi connectivity index (χ3n) is 3.37. The van der Waals surface area contributed by atoms with Gasteiger partial charge in [-0.25, -0.2) is 0 Å². The van der Waals surface area contributed by atoms with Crippen molar-refractivity contribution in [3.8, 4) is 11.1 Å². The van der Waals surface area contributed by atoms with Crippen LogP contribution >= 0.6 is 0 Å². The van der Waals surface area contributed by atoms with Gasteiger partial charge in [0.15, 0.2) is 0 Å². The zero-order valence-corrected chi connectivity index (χ0v) is 11.4. The second kappa shape index (κ2) is 5.36. The Morgan fingerprint density at radius 1 is 1.17 bits per heavy atom. The summed E-state index contributed by atoms with van der Waals surface area (Å²) in [4.78, 5) is 0. The van der Waals surface area contributed by atoms with Crippen LogP contribution in [0.1, 0.15) is 23.9 Å². The van der Waals surface area contributed by atoms with Gasteiger partial charge in [-0.05, 0) is 31.4 Å². The molecule has 0 amide bonds. The van der Waals surface area contributed by atoms with Crippen LogP contribution in [0.2, 0.25) is 0 Å². The molecule has 0 spiro atoms. The number of nitrogens with zero attached hydrogens (tertiary/aromatic N) is 2. The Hall–Kier alpha value is -1.61. The van der Waals surface area contributed by atoms with Crippen LogP contribution in [0, 0.1) is 13.8 Å². The number of nitrogens with two attached hydrogens (primary N) is 1. The summed E-state index contributed by atoms with van der Waals surface area (Å²) in [7, 11) is 0. The molecule has 0 atom stereocenters. The third-order valence-corrected chi connectivity index (χ3v) is 3.37. The van der Waals surface area contributed by atoms with E-state index < -0.39 is 0 Å². The van der Waals surface area contributed by atoms with Crippen LogP contribution in [0.4, 0.5) is 0 Å². The smallest absolute Gasteiger partial charge is 0.0674 e. The fraction of sp³-hybridized carbons (Fsp3) is 0.400. The maximum atomic E-state index is 5.60. The van der Waals surface area contributed by atoms with Crippen LogP contribution < -0.4 is 5.73 Å². The van der Waals surface area contributed by atoms with Crippen molar-refractivity contribution in [3.63, 3.8) is 0 Å². The minimum atomic E-state index is 0.621. The molecule has 1 aromatic carbocycles. The van der Waals surface area contributed by atoms with Crippen LogP contribution in [0.25, 0.3) is 11.1 Å². The van der Waals surface area contributed by atoms with Crippen LogP contribution in [0.15, 0.2) is 24.3 Å². The van der Waals surface area contributed by atoms with E-state index in [0.29, 0.717) is 6.54 Å². The van der Waals surface area contributed by atoms with Crippen molar-refractivity contribution in [2.75, 3.05) is 6.54 Å². The molecule has 2 rings (SSSR count). The molecule has 0 aliphatic heterocycles. The van der Waals surface area contributed by atoms with Gasteiger partial charge in [0.1, 0.15) is 0 Å². The second-order valence-electron chi connectivity index (χ2n) is 4.61. The first-order valence-electron chi connectivity index (χ1n) is 6.50. The Kier molecular flexibility index (Phi) is 3.82. The van der Waals surface area contributed by atoms with Gasteiger partial charge in [0.05, 0.1) is 12.2 Å². The average Bonchev–Trinajstić information content (AvgIpc) is 2.65. The Labute approximate surface area is 109 Å². The molecular formula is C15H21N3. The predicted octanol–water partition coefficient (Wildman–Crippen LogP) is 2.69. The average molecular weight is 243 g/mol. The lowest BCUT2D eigenvalue weighted by molar-refractivity contribution is 0.604. The molecule has 2 N–H and O–H groups in total. The molecule has 1 aromatic heterocycles. The lowest BCUT2D eigenvalue weighted by atomic mass is 10.0. The zero-order valence-electron chi connectivity index (χ0n) is 11.4. The molecule has 0 radical (unpaired) electrons. The maximum Gasteiger partial charge on any atom is 0.0674 e. The first-order chi connectivity index (χ1) is 8.67. The summed E-state index contributed by atoms with van der Waals surface area (Å²) in [5.74, 6) is 0. The summed E-state index contributed by atoms with van der Waals surface area (Å²) in [5, 5.41) is 4.56. The molecule has 0 bridgehead atoms. The van der Waals surface area contributed by atoms with Gasteiger partial charge >= 0.3 is 0 Å². The van der Waals surface area contributed by atoms with E-state index in [0.717, 1.165) is 18.7 Å². The van der Waals surface area contributed by atoms with E-state index in [-0.39, 0.29) is 0 Å². The molecule has 3 heteroatoms. The van der Waals surface area contributed by atoms with Crippen molar-refractivity contribution >= 4 is 0 Å². The first-order valence-corrected chi connectivity index (χ1v) is 6.50. The van der Waals surface area contributed by atoms with E-state index >= 15 is 0 Å². The van der Waals surface area contributed by atoms with Crippen LogP contribution in [0.3, 0.4) is 0 Å². The molecule has 1 heterocycles. The Morgan fingerprint density at radius 2 is 1.83 bits per heavy atom. The van der Waals surface area contributed by atoms with Gasteiger partial charge < -0.3 is 5.73 Å². The van der Waals surface area contributed by atoms with Gasteiger partial charge in [0.2, 0.25) is 0 Å². The van der Waals surface area contributed by atoms with Crippen molar-refractivity contribution < 1.29 is 0 Å². The normalized spacial score (nSPS) is 10.9. The molecular weight excluding hydrogens is 222 g/mol. The molecule has 0 fully saturated rings. The van der Waals surface area contributed by atoms with E-state index in [4.69, 9.17) is 5.73 Å². The molecule has 0 saturated heterocycles. The summed E-state index contributed by atoms with van der Waals surface area (Å²) in [6.07, 6.45) is 1.07. The topological polar surface area (TPSA) is 43.8 Å². The highest BCUT2D eigenvalue weighted by Crippen LogP contribution is 2.27. The summed E-state index contributed by atoms with van der Waals surface area (Å²) in [6.45, 7) is 7.74. The molecule has 0 unspecified atom stereocenters. The minimum Gasteiger partial charge on any atom is -0.329 e. The fourth-order valence-corrected chi connectivity index (χ4v) is 2.36. The molecule has 3 nitrogen and oxygen atoms in total. The van der Waals surface area contributed by atoms with Gasteiger partial charge in [-0.3, -0.25) is 4.68 Å². The molecule has 96 valence electrons. The highest BCUT2D eigenvalue weighted by atomic mass is 15.3. The standard InChI is InChI=1S/C15H21N3/c1-4-13-5-7-14(8-6-13)15-11(2)17-18(10-9-16)12(15)3/h5-8H,4,9-10,16H2,1-3H3. The number of aryl methyl sites for hydroxylation is 2. The minimum absolute atomic E-state index is 0.621. The van der Waals surface area contributed by atoms with E-state index in [1.807, 2.05) is 4.68 Å². The summed E-state index contributed by atoms with van der Waals surface area (Å²) >= 11 is 0. The lowest BCUT2D eigenvalue weighted by Gasteiger charge is -2.05. The number of benzene rings is 1. The Morgan fingerprint density at radius 3 is 2.39 bits per heavy atom. The Bertz CT molecular complexity index is 523. The largest absolute Gasteiger partial charge is 0.329 e. The fourth-order valence-electron chi connectivity index (χ4n) is 2.36. The predicted molar refractivity (Wildman–Crippen MR) is 75.6 cm³/mol. The Balaban J connectivity index is 2.43. The number of aromatic nitrogens is 2. The van der Waals surface area contributed by atoms with Crippen molar-refractivity contribution in [3.05, 3.63) is 41.2 Å². The summed E-state index contributed by atoms with van der Waals surface area (Å²) < 4.78 is 2.00. The van der Waals surface area contributed by atoms with E-state index in [2.05, 4.69) is 50.1 Å². The van der Waals surface area contributed by atoms with Crippen LogP contribution in [0.5, 0.6) is 0 Å². The quantitative estimate of drug-likeness (QED) is 0.897. The van der Waals surface area contributed by atoms with Crippen LogP contribution in [-0.2, 0) is 13.0 Å². The SMILES string of the molecule is CCc1ccc(-c2c(C)nn(CCN)c2C)cc1. The number of hydrogen-bond acceptors (Lipinski definition) is 2. The van der Waals surface area contributed by atoms with E-state index in [1.54, 1.807) is 0 Å². The van der Waals surface area contributed by atoms with Gasteiger partial charge in [0, 0.05) is 17.8 Å². The van der Waals surface area contributed by atoms with Crippen molar-refractivity contribution in [1.82, 2.24) is 9.78 Å². The van der Waals surface area contributed by atoms with Crippen molar-refractivity contribution in [2.24, 2.45) is 5.73 Å². The molecule has 2 aromatic rings. The third kappa shape index (κ3) is 2.31. The number of rotatable bonds is 4. The van der Waals surface area contributed by atoms with Crippen molar-refractivity contribution in [1.29, 1.82) is 0 Å². The van der Waals surface area contributed by atoms with Gasteiger partial charge in [0.25, 0.3) is 0 Å². The summed E-state index contributed by atoms with van der Waals surface area (Å²) in [6, 6.07) is 8.74. The molecule has 0 aliphatic rings. The van der Waals surface area contributed by atoms with Crippen LogP contribution in [-0.4, -0.2) is 16.3 Å². The first kappa shape index (κ1) is 12.8. The monoisotopic (exact) mass is 243 g/mol.